The Labute approximate surface area is 136 Å². The molecule has 0 aliphatic heterocycles. The molecule has 0 aromatic carbocycles. The molecule has 0 atom stereocenters. The number of aromatic nitrogens is 3. The number of carbonyl (C=O) groups excluding carboxylic acids is 1. The Morgan fingerprint density at radius 3 is 2.86 bits per heavy atom. The third kappa shape index (κ3) is 4.71. The summed E-state index contributed by atoms with van der Waals surface area (Å²) in [6, 6.07) is 0.556. The molecule has 2 rings (SSSR count). The highest BCUT2D eigenvalue weighted by Gasteiger charge is 2.23. The molecule has 0 unspecified atom stereocenters. The van der Waals surface area contributed by atoms with Gasteiger partial charge in [0, 0.05) is 25.6 Å². The summed E-state index contributed by atoms with van der Waals surface area (Å²) in [4.78, 5) is 11.5. The summed E-state index contributed by atoms with van der Waals surface area (Å²) in [5.41, 5.74) is 0. The normalized spacial score (nSPS) is 15.4. The number of carbonyl (C=O) groups is 1. The SMILES string of the molecule is CCOCC(=O)NCCCc1nnc(SC)n1C1CCCC1. The molecule has 0 bridgehead atoms. The first-order valence-electron chi connectivity index (χ1n) is 8.08. The molecule has 6 nitrogen and oxygen atoms in total. The van der Waals surface area contributed by atoms with Crippen LogP contribution in [0.15, 0.2) is 5.16 Å². The molecule has 22 heavy (non-hydrogen) atoms. The molecule has 0 saturated heterocycles. The molecule has 1 fully saturated rings. The van der Waals surface area contributed by atoms with E-state index in [9.17, 15) is 4.79 Å². The predicted molar refractivity (Wildman–Crippen MR) is 87.1 cm³/mol. The van der Waals surface area contributed by atoms with E-state index in [1.165, 1.54) is 25.7 Å². The van der Waals surface area contributed by atoms with Crippen molar-refractivity contribution in [3.05, 3.63) is 5.82 Å². The minimum Gasteiger partial charge on any atom is -0.372 e. The Morgan fingerprint density at radius 2 is 2.18 bits per heavy atom. The van der Waals surface area contributed by atoms with Crippen LogP contribution in [0.25, 0.3) is 0 Å². The Kier molecular flexibility index (Phi) is 7.18. The van der Waals surface area contributed by atoms with Crippen molar-refractivity contribution in [1.29, 1.82) is 0 Å². The second kappa shape index (κ2) is 9.15. The highest BCUT2D eigenvalue weighted by Crippen LogP contribution is 2.33. The molecule has 7 heteroatoms. The molecule has 1 N–H and O–H groups in total. The van der Waals surface area contributed by atoms with E-state index < -0.39 is 0 Å². The van der Waals surface area contributed by atoms with Gasteiger partial charge >= 0.3 is 0 Å². The number of hydrogen-bond acceptors (Lipinski definition) is 5. The summed E-state index contributed by atoms with van der Waals surface area (Å²) < 4.78 is 7.39. The summed E-state index contributed by atoms with van der Waals surface area (Å²) in [5.74, 6) is 0.999. The molecular formula is C15H26N4O2S. The van der Waals surface area contributed by atoms with Crippen molar-refractivity contribution in [3.8, 4) is 0 Å². The van der Waals surface area contributed by atoms with Crippen LogP contribution in [-0.4, -0.2) is 46.7 Å². The molecule has 1 aliphatic carbocycles. The Bertz CT molecular complexity index is 472. The van der Waals surface area contributed by atoms with Gasteiger partial charge in [0.2, 0.25) is 5.91 Å². The van der Waals surface area contributed by atoms with E-state index in [0.717, 1.165) is 23.8 Å². The maximum absolute atomic E-state index is 11.5. The van der Waals surface area contributed by atoms with E-state index in [2.05, 4.69) is 20.1 Å². The molecule has 1 saturated carbocycles. The Morgan fingerprint density at radius 1 is 1.41 bits per heavy atom. The monoisotopic (exact) mass is 326 g/mol. The van der Waals surface area contributed by atoms with Crippen molar-refractivity contribution >= 4 is 17.7 Å². The van der Waals surface area contributed by atoms with Crippen LogP contribution in [0.5, 0.6) is 0 Å². The molecular weight excluding hydrogens is 300 g/mol. The largest absolute Gasteiger partial charge is 0.372 e. The van der Waals surface area contributed by atoms with Gasteiger partial charge in [0.15, 0.2) is 5.16 Å². The van der Waals surface area contributed by atoms with Crippen molar-refractivity contribution < 1.29 is 9.53 Å². The van der Waals surface area contributed by atoms with Crippen LogP contribution >= 0.6 is 11.8 Å². The zero-order chi connectivity index (χ0) is 15.8. The third-order valence-corrected chi connectivity index (χ3v) is 4.59. The Hall–Kier alpha value is -1.08. The lowest BCUT2D eigenvalue weighted by Gasteiger charge is -2.16. The van der Waals surface area contributed by atoms with Crippen LogP contribution < -0.4 is 5.32 Å². The zero-order valence-electron chi connectivity index (χ0n) is 13.5. The maximum atomic E-state index is 11.5. The average molecular weight is 326 g/mol. The third-order valence-electron chi connectivity index (χ3n) is 3.94. The molecule has 1 amide bonds. The van der Waals surface area contributed by atoms with Crippen molar-refractivity contribution in [3.63, 3.8) is 0 Å². The van der Waals surface area contributed by atoms with E-state index in [-0.39, 0.29) is 12.5 Å². The number of ether oxygens (including phenoxy) is 1. The topological polar surface area (TPSA) is 69.0 Å². The van der Waals surface area contributed by atoms with Gasteiger partial charge in [-0.05, 0) is 32.4 Å². The van der Waals surface area contributed by atoms with Crippen molar-refractivity contribution in [2.24, 2.45) is 0 Å². The fourth-order valence-corrected chi connectivity index (χ4v) is 3.44. The van der Waals surface area contributed by atoms with Gasteiger partial charge in [-0.1, -0.05) is 24.6 Å². The number of rotatable bonds is 9. The van der Waals surface area contributed by atoms with Crippen LogP contribution in [0.4, 0.5) is 0 Å². The Balaban J connectivity index is 1.82. The molecule has 1 aliphatic rings. The number of hydrogen-bond donors (Lipinski definition) is 1. The first-order chi connectivity index (χ1) is 10.8. The van der Waals surface area contributed by atoms with Gasteiger partial charge in [-0.2, -0.15) is 0 Å². The summed E-state index contributed by atoms with van der Waals surface area (Å²) in [7, 11) is 0. The quantitative estimate of drug-likeness (QED) is 0.556. The first kappa shape index (κ1) is 17.3. The lowest BCUT2D eigenvalue weighted by atomic mass is 10.2. The molecule has 0 spiro atoms. The van der Waals surface area contributed by atoms with Gasteiger partial charge in [0.1, 0.15) is 12.4 Å². The molecule has 1 aromatic heterocycles. The number of aryl methyl sites for hydroxylation is 1. The van der Waals surface area contributed by atoms with Gasteiger partial charge in [-0.3, -0.25) is 4.79 Å². The van der Waals surface area contributed by atoms with E-state index in [0.29, 0.717) is 19.2 Å². The standard InChI is InChI=1S/C15H26N4O2S/c1-3-21-11-14(20)16-10-6-9-13-17-18-15(22-2)19(13)12-7-4-5-8-12/h12H,3-11H2,1-2H3,(H,16,20). The summed E-state index contributed by atoms with van der Waals surface area (Å²) in [6.07, 6.45) is 8.81. The lowest BCUT2D eigenvalue weighted by Crippen LogP contribution is -2.28. The van der Waals surface area contributed by atoms with Crippen LogP contribution in [0.3, 0.4) is 0 Å². The fraction of sp³-hybridized carbons (Fsp3) is 0.800. The second-order valence-corrected chi connectivity index (χ2v) is 6.28. The number of nitrogens with one attached hydrogen (secondary N) is 1. The summed E-state index contributed by atoms with van der Waals surface area (Å²) in [6.45, 7) is 3.24. The van der Waals surface area contributed by atoms with Gasteiger partial charge in [-0.15, -0.1) is 10.2 Å². The molecule has 0 radical (unpaired) electrons. The van der Waals surface area contributed by atoms with Gasteiger partial charge in [-0.25, -0.2) is 0 Å². The van der Waals surface area contributed by atoms with Crippen LogP contribution in [0, 0.1) is 0 Å². The fourth-order valence-electron chi connectivity index (χ4n) is 2.87. The lowest BCUT2D eigenvalue weighted by molar-refractivity contribution is -0.125. The van der Waals surface area contributed by atoms with Crippen LogP contribution in [0.1, 0.15) is 50.9 Å². The predicted octanol–water partition coefficient (Wildman–Crippen LogP) is 2.20. The number of thioether (sulfide) groups is 1. The second-order valence-electron chi connectivity index (χ2n) is 5.50. The van der Waals surface area contributed by atoms with Crippen molar-refractivity contribution in [2.45, 2.75) is 56.6 Å². The van der Waals surface area contributed by atoms with Gasteiger partial charge in [0.25, 0.3) is 0 Å². The van der Waals surface area contributed by atoms with E-state index >= 15 is 0 Å². The summed E-state index contributed by atoms with van der Waals surface area (Å²) >= 11 is 1.66. The van der Waals surface area contributed by atoms with E-state index in [4.69, 9.17) is 4.74 Å². The average Bonchev–Trinajstić information content (AvgIpc) is 3.17. The minimum atomic E-state index is -0.0519. The highest BCUT2D eigenvalue weighted by molar-refractivity contribution is 7.98. The molecule has 1 heterocycles. The van der Waals surface area contributed by atoms with Crippen LogP contribution in [-0.2, 0) is 16.0 Å². The van der Waals surface area contributed by atoms with Gasteiger partial charge < -0.3 is 14.6 Å². The van der Waals surface area contributed by atoms with Crippen molar-refractivity contribution in [1.82, 2.24) is 20.1 Å². The van der Waals surface area contributed by atoms with Gasteiger partial charge in [0.05, 0.1) is 0 Å². The minimum absolute atomic E-state index is 0.0519. The first-order valence-corrected chi connectivity index (χ1v) is 9.31. The smallest absolute Gasteiger partial charge is 0.245 e. The van der Waals surface area contributed by atoms with Crippen LogP contribution in [0.2, 0.25) is 0 Å². The summed E-state index contributed by atoms with van der Waals surface area (Å²) in [5, 5.41) is 12.5. The molecule has 1 aromatic rings. The number of amides is 1. The molecule has 124 valence electrons. The zero-order valence-corrected chi connectivity index (χ0v) is 14.3. The number of nitrogens with zero attached hydrogens (tertiary/aromatic N) is 3. The maximum Gasteiger partial charge on any atom is 0.245 e. The van der Waals surface area contributed by atoms with E-state index in [1.807, 2.05) is 13.2 Å². The van der Waals surface area contributed by atoms with E-state index in [1.54, 1.807) is 11.8 Å². The van der Waals surface area contributed by atoms with Crippen molar-refractivity contribution in [2.75, 3.05) is 26.0 Å². The highest BCUT2D eigenvalue weighted by atomic mass is 32.2.